The van der Waals surface area contributed by atoms with Crippen LogP contribution in [0.15, 0.2) is 59.7 Å². The van der Waals surface area contributed by atoms with Gasteiger partial charge in [-0.2, -0.15) is 0 Å². The first-order valence-corrected chi connectivity index (χ1v) is 12.4. The van der Waals surface area contributed by atoms with Crippen molar-refractivity contribution in [2.45, 2.75) is 26.5 Å². The van der Waals surface area contributed by atoms with Gasteiger partial charge in [-0.05, 0) is 43.2 Å². The Balaban J connectivity index is 1.43. The Morgan fingerprint density at radius 2 is 1.92 bits per heavy atom. The molecule has 0 radical (unpaired) electrons. The fourth-order valence-electron chi connectivity index (χ4n) is 4.19. The van der Waals surface area contributed by atoms with E-state index in [1.165, 1.54) is 15.8 Å². The van der Waals surface area contributed by atoms with E-state index >= 15 is 0 Å². The highest BCUT2D eigenvalue weighted by atomic mass is 32.1. The molecule has 3 heterocycles. The van der Waals surface area contributed by atoms with Crippen molar-refractivity contribution in [2.75, 3.05) is 18.6 Å². The van der Waals surface area contributed by atoms with Crippen LogP contribution in [0.25, 0.3) is 10.2 Å². The number of Topliss-reactive ketones (excluding diaryl/α,β-unsaturated/α-hetero) is 1. The molecule has 2 aromatic carbocycles. The molecule has 1 amide bonds. The maximum atomic E-state index is 13.4. The van der Waals surface area contributed by atoms with E-state index in [1.54, 1.807) is 39.1 Å². The molecule has 9 nitrogen and oxygen atoms in total. The van der Waals surface area contributed by atoms with Crippen LogP contribution in [-0.4, -0.2) is 40.9 Å². The monoisotopic (exact) mass is 517 g/mol. The third-order valence-corrected chi connectivity index (χ3v) is 7.58. The van der Waals surface area contributed by atoms with Crippen molar-refractivity contribution in [3.05, 3.63) is 86.8 Å². The number of carbonyl (C=O) groups excluding carboxylic acids is 3. The molecule has 1 aliphatic heterocycles. The standard InChI is InChI=1S/C27H23N3O6S/c1-15-22-25(37-24(15)27(34)36-12-17-7-5-4-6-8-17)28-14-30(26(22)33)16(2)23(32)18-9-10-20-19(11-18)29(3)21(31)13-35-20/h4-11,14,16H,12-13H2,1-3H3. The summed E-state index contributed by atoms with van der Waals surface area (Å²) in [6.45, 7) is 3.34. The van der Waals surface area contributed by atoms with Crippen molar-refractivity contribution < 1.29 is 23.9 Å². The molecular weight excluding hydrogens is 494 g/mol. The summed E-state index contributed by atoms with van der Waals surface area (Å²) < 4.78 is 12.1. The van der Waals surface area contributed by atoms with Crippen LogP contribution in [0, 0.1) is 6.92 Å². The number of nitrogens with zero attached hydrogens (tertiary/aromatic N) is 3. The lowest BCUT2D eigenvalue weighted by Gasteiger charge is -2.26. The number of aromatic nitrogens is 2. The first-order chi connectivity index (χ1) is 17.8. The van der Waals surface area contributed by atoms with Crippen LogP contribution in [0.4, 0.5) is 5.69 Å². The van der Waals surface area contributed by atoms with Crippen molar-refractivity contribution >= 4 is 44.9 Å². The van der Waals surface area contributed by atoms with Crippen molar-refractivity contribution in [3.8, 4) is 5.75 Å². The normalized spacial score (nSPS) is 13.7. The highest BCUT2D eigenvalue weighted by molar-refractivity contribution is 7.20. The highest BCUT2D eigenvalue weighted by Crippen LogP contribution is 2.33. The quantitative estimate of drug-likeness (QED) is 0.282. The molecule has 1 unspecified atom stereocenters. The second-order valence-electron chi connectivity index (χ2n) is 8.72. The van der Waals surface area contributed by atoms with Crippen molar-refractivity contribution in [1.82, 2.24) is 9.55 Å². The van der Waals surface area contributed by atoms with Crippen LogP contribution >= 0.6 is 11.3 Å². The van der Waals surface area contributed by atoms with Gasteiger partial charge in [-0.3, -0.25) is 19.0 Å². The summed E-state index contributed by atoms with van der Waals surface area (Å²) in [6.07, 6.45) is 1.32. The molecule has 10 heteroatoms. The van der Waals surface area contributed by atoms with Crippen LogP contribution in [0.5, 0.6) is 5.75 Å². The van der Waals surface area contributed by atoms with Crippen LogP contribution in [0.1, 0.15) is 44.1 Å². The molecule has 37 heavy (non-hydrogen) atoms. The van der Waals surface area contributed by atoms with Gasteiger partial charge in [0.05, 0.1) is 23.4 Å². The van der Waals surface area contributed by atoms with E-state index in [9.17, 15) is 19.2 Å². The van der Waals surface area contributed by atoms with E-state index < -0.39 is 17.6 Å². The van der Waals surface area contributed by atoms with E-state index in [4.69, 9.17) is 9.47 Å². The molecule has 0 N–H and O–H groups in total. The molecule has 2 aromatic heterocycles. The zero-order chi connectivity index (χ0) is 26.3. The first-order valence-electron chi connectivity index (χ1n) is 11.5. The van der Waals surface area contributed by atoms with Gasteiger partial charge in [0, 0.05) is 12.6 Å². The van der Waals surface area contributed by atoms with Gasteiger partial charge in [-0.25, -0.2) is 9.78 Å². The van der Waals surface area contributed by atoms with Gasteiger partial charge in [0.25, 0.3) is 11.5 Å². The number of ether oxygens (including phenoxy) is 2. The minimum absolute atomic E-state index is 0.0595. The number of ketones is 1. The van der Waals surface area contributed by atoms with Gasteiger partial charge in [-0.1, -0.05) is 30.3 Å². The van der Waals surface area contributed by atoms with E-state index in [0.29, 0.717) is 32.3 Å². The van der Waals surface area contributed by atoms with Crippen molar-refractivity contribution in [2.24, 2.45) is 0 Å². The summed E-state index contributed by atoms with van der Waals surface area (Å²) in [4.78, 5) is 58.0. The number of anilines is 1. The Kier molecular flexibility index (Phi) is 6.34. The number of aryl methyl sites for hydroxylation is 1. The zero-order valence-electron chi connectivity index (χ0n) is 20.4. The summed E-state index contributed by atoms with van der Waals surface area (Å²) >= 11 is 1.09. The molecule has 5 rings (SSSR count). The number of thiophene rings is 1. The SMILES string of the molecule is Cc1c(C(=O)OCc2ccccc2)sc2ncn(C(C)C(=O)c3ccc4c(c3)N(C)C(=O)CO4)c(=O)c12. The number of fused-ring (bicyclic) bond motifs is 2. The third-order valence-electron chi connectivity index (χ3n) is 6.40. The van der Waals surface area contributed by atoms with Crippen LogP contribution in [-0.2, 0) is 16.1 Å². The molecule has 0 saturated carbocycles. The first kappa shape index (κ1) is 24.4. The van der Waals surface area contributed by atoms with Gasteiger partial charge in [0.1, 0.15) is 22.1 Å². The lowest BCUT2D eigenvalue weighted by Crippen LogP contribution is -2.35. The molecular formula is C27H23N3O6S. The second kappa shape index (κ2) is 9.62. The van der Waals surface area contributed by atoms with Gasteiger partial charge in [0.2, 0.25) is 0 Å². The molecule has 1 atom stereocenters. The topological polar surface area (TPSA) is 108 Å². The fraction of sp³-hybridized carbons (Fsp3) is 0.222. The minimum Gasteiger partial charge on any atom is -0.482 e. The van der Waals surface area contributed by atoms with Crippen molar-refractivity contribution in [1.29, 1.82) is 0 Å². The maximum absolute atomic E-state index is 13.4. The summed E-state index contributed by atoms with van der Waals surface area (Å²) in [5.74, 6) is -0.573. The summed E-state index contributed by atoms with van der Waals surface area (Å²) in [5, 5.41) is 0.281. The molecule has 0 bridgehead atoms. The lowest BCUT2D eigenvalue weighted by atomic mass is 10.0. The predicted octanol–water partition coefficient (Wildman–Crippen LogP) is 3.92. The number of amides is 1. The van der Waals surface area contributed by atoms with E-state index in [1.807, 2.05) is 30.3 Å². The molecule has 188 valence electrons. The fourth-order valence-corrected chi connectivity index (χ4v) is 5.22. The number of hydrogen-bond donors (Lipinski definition) is 0. The average Bonchev–Trinajstić information content (AvgIpc) is 3.26. The van der Waals surface area contributed by atoms with Crippen LogP contribution < -0.4 is 15.2 Å². The average molecular weight is 518 g/mol. The van der Waals surface area contributed by atoms with Crippen LogP contribution in [0.2, 0.25) is 0 Å². The highest BCUT2D eigenvalue weighted by Gasteiger charge is 2.27. The molecule has 0 fully saturated rings. The number of likely N-dealkylation sites (N-methyl/N-ethyl adjacent to an activating group) is 1. The van der Waals surface area contributed by atoms with E-state index in [0.717, 1.165) is 16.9 Å². The number of hydrogen-bond acceptors (Lipinski definition) is 8. The largest absolute Gasteiger partial charge is 0.482 e. The van der Waals surface area contributed by atoms with Gasteiger partial charge < -0.3 is 14.4 Å². The smallest absolute Gasteiger partial charge is 0.349 e. The number of benzene rings is 2. The Labute approximate surface area is 215 Å². The van der Waals surface area contributed by atoms with Crippen molar-refractivity contribution in [3.63, 3.8) is 0 Å². The van der Waals surface area contributed by atoms with Gasteiger partial charge >= 0.3 is 5.97 Å². The van der Waals surface area contributed by atoms with Crippen LogP contribution in [0.3, 0.4) is 0 Å². The molecule has 0 spiro atoms. The zero-order valence-corrected chi connectivity index (χ0v) is 21.2. The predicted molar refractivity (Wildman–Crippen MR) is 139 cm³/mol. The third kappa shape index (κ3) is 4.40. The van der Waals surface area contributed by atoms with Gasteiger partial charge in [-0.15, -0.1) is 11.3 Å². The van der Waals surface area contributed by atoms with E-state index in [2.05, 4.69) is 4.98 Å². The Morgan fingerprint density at radius 3 is 2.68 bits per heavy atom. The number of carbonyl (C=O) groups is 3. The number of esters is 1. The molecule has 0 saturated heterocycles. The van der Waals surface area contributed by atoms with E-state index in [-0.39, 0.29) is 30.3 Å². The van der Waals surface area contributed by atoms with Gasteiger partial charge in [0.15, 0.2) is 12.4 Å². The summed E-state index contributed by atoms with van der Waals surface area (Å²) in [6, 6.07) is 13.3. The lowest BCUT2D eigenvalue weighted by molar-refractivity contribution is -0.121. The Hall–Kier alpha value is -4.31. The summed E-state index contributed by atoms with van der Waals surface area (Å²) in [7, 11) is 1.62. The molecule has 4 aromatic rings. The maximum Gasteiger partial charge on any atom is 0.349 e. The Bertz CT molecular complexity index is 1610. The number of rotatable bonds is 6. The summed E-state index contributed by atoms with van der Waals surface area (Å²) in [5.41, 5.74) is 1.72. The minimum atomic E-state index is -0.874. The second-order valence-corrected chi connectivity index (χ2v) is 9.72. The molecule has 0 aliphatic carbocycles. The molecule has 1 aliphatic rings. The Morgan fingerprint density at radius 1 is 1.16 bits per heavy atom.